The van der Waals surface area contributed by atoms with Crippen molar-refractivity contribution in [2.24, 2.45) is 0 Å². The van der Waals surface area contributed by atoms with Crippen LogP contribution in [-0.4, -0.2) is 17.4 Å². The number of nitrogens with one attached hydrogen (secondary N) is 2. The van der Waals surface area contributed by atoms with Gasteiger partial charge in [-0.1, -0.05) is 18.6 Å². The number of aryl methyl sites for hydroxylation is 1. The molecular weight excluding hydrogens is 330 g/mol. The molecule has 1 amide bonds. The van der Waals surface area contributed by atoms with E-state index in [0.29, 0.717) is 11.4 Å². The van der Waals surface area contributed by atoms with Gasteiger partial charge in [0.1, 0.15) is 5.82 Å². The van der Waals surface area contributed by atoms with Gasteiger partial charge in [-0.05, 0) is 53.5 Å². The summed E-state index contributed by atoms with van der Waals surface area (Å²) in [6.07, 6.45) is 2.66. The van der Waals surface area contributed by atoms with E-state index in [0.717, 1.165) is 28.7 Å². The molecule has 1 heterocycles. The third kappa shape index (κ3) is 4.29. The van der Waals surface area contributed by atoms with Gasteiger partial charge in [0.2, 0.25) is 0 Å². The van der Waals surface area contributed by atoms with Crippen molar-refractivity contribution in [2.75, 3.05) is 17.2 Å². The Morgan fingerprint density at radius 2 is 2.10 bits per heavy atom. The molecule has 2 N–H and O–H groups in total. The molecule has 2 aromatic rings. The highest BCUT2D eigenvalue weighted by Gasteiger charge is 2.12. The molecule has 110 valence electrons. The van der Waals surface area contributed by atoms with Gasteiger partial charge >= 0.3 is 0 Å². The molecule has 0 unspecified atom stereocenters. The van der Waals surface area contributed by atoms with Gasteiger partial charge in [0.25, 0.3) is 5.91 Å². The number of carbonyl (C=O) groups is 1. The number of rotatable bonds is 5. The Kier molecular flexibility index (Phi) is 5.33. The number of halogens is 1. The van der Waals surface area contributed by atoms with Gasteiger partial charge in [-0.15, -0.1) is 0 Å². The highest BCUT2D eigenvalue weighted by atomic mass is 79.9. The maximum atomic E-state index is 12.4. The lowest BCUT2D eigenvalue weighted by Gasteiger charge is -2.12. The predicted molar refractivity (Wildman–Crippen MR) is 89.8 cm³/mol. The normalized spacial score (nSPS) is 10.2. The monoisotopic (exact) mass is 347 g/mol. The first-order valence-corrected chi connectivity index (χ1v) is 7.67. The summed E-state index contributed by atoms with van der Waals surface area (Å²) in [6.45, 7) is 4.89. The first-order chi connectivity index (χ1) is 10.1. The number of nitrogens with zero attached hydrogens (tertiary/aromatic N) is 1. The Labute approximate surface area is 133 Å². The SMILES string of the molecule is CCCNc1ccc(C)cc1C(=O)Nc1ccc(Br)cn1. The van der Waals surface area contributed by atoms with E-state index in [2.05, 4.69) is 38.5 Å². The van der Waals surface area contributed by atoms with Crippen molar-refractivity contribution in [1.82, 2.24) is 4.98 Å². The fraction of sp³-hybridized carbons (Fsp3) is 0.250. The topological polar surface area (TPSA) is 54.0 Å². The zero-order valence-corrected chi connectivity index (χ0v) is 13.7. The second kappa shape index (κ2) is 7.22. The molecule has 0 aliphatic rings. The molecule has 2 rings (SSSR count). The Hall–Kier alpha value is -1.88. The molecule has 0 atom stereocenters. The highest BCUT2D eigenvalue weighted by molar-refractivity contribution is 9.10. The van der Waals surface area contributed by atoms with E-state index in [9.17, 15) is 4.79 Å². The number of amides is 1. The Morgan fingerprint density at radius 1 is 1.29 bits per heavy atom. The van der Waals surface area contributed by atoms with E-state index in [1.807, 2.05) is 31.2 Å². The molecule has 21 heavy (non-hydrogen) atoms. The number of benzene rings is 1. The first kappa shape index (κ1) is 15.5. The number of hydrogen-bond donors (Lipinski definition) is 2. The fourth-order valence-corrected chi connectivity index (χ4v) is 2.13. The molecule has 1 aromatic heterocycles. The zero-order valence-electron chi connectivity index (χ0n) is 12.1. The van der Waals surface area contributed by atoms with Crippen molar-refractivity contribution >= 4 is 33.3 Å². The molecule has 0 saturated heterocycles. The van der Waals surface area contributed by atoms with Crippen molar-refractivity contribution in [1.29, 1.82) is 0 Å². The molecule has 4 nitrogen and oxygen atoms in total. The average Bonchev–Trinajstić information content (AvgIpc) is 2.48. The highest BCUT2D eigenvalue weighted by Crippen LogP contribution is 2.19. The van der Waals surface area contributed by atoms with Crippen LogP contribution in [0.25, 0.3) is 0 Å². The quantitative estimate of drug-likeness (QED) is 0.850. The number of aromatic nitrogens is 1. The number of hydrogen-bond acceptors (Lipinski definition) is 3. The summed E-state index contributed by atoms with van der Waals surface area (Å²) in [5, 5.41) is 6.10. The summed E-state index contributed by atoms with van der Waals surface area (Å²) < 4.78 is 0.876. The van der Waals surface area contributed by atoms with Gasteiger partial charge in [-0.2, -0.15) is 0 Å². The van der Waals surface area contributed by atoms with Crippen LogP contribution in [-0.2, 0) is 0 Å². The third-order valence-corrected chi connectivity index (χ3v) is 3.42. The Balaban J connectivity index is 2.20. The van der Waals surface area contributed by atoms with Crippen molar-refractivity contribution in [3.8, 4) is 0 Å². The van der Waals surface area contributed by atoms with E-state index in [1.54, 1.807) is 12.3 Å². The van der Waals surface area contributed by atoms with Gasteiger partial charge in [-0.25, -0.2) is 4.98 Å². The van der Waals surface area contributed by atoms with Gasteiger partial charge in [-0.3, -0.25) is 4.79 Å². The lowest BCUT2D eigenvalue weighted by molar-refractivity contribution is 0.102. The molecule has 0 aliphatic carbocycles. The van der Waals surface area contributed by atoms with Crippen molar-refractivity contribution < 1.29 is 4.79 Å². The van der Waals surface area contributed by atoms with Crippen molar-refractivity contribution in [2.45, 2.75) is 20.3 Å². The molecule has 0 fully saturated rings. The first-order valence-electron chi connectivity index (χ1n) is 6.87. The lowest BCUT2D eigenvalue weighted by atomic mass is 10.1. The van der Waals surface area contributed by atoms with Crippen LogP contribution in [0.5, 0.6) is 0 Å². The zero-order chi connectivity index (χ0) is 15.2. The van der Waals surface area contributed by atoms with Gasteiger partial charge in [0, 0.05) is 22.9 Å². The summed E-state index contributed by atoms with van der Waals surface area (Å²) in [5.41, 5.74) is 2.52. The summed E-state index contributed by atoms with van der Waals surface area (Å²) in [4.78, 5) is 16.6. The minimum Gasteiger partial charge on any atom is -0.384 e. The second-order valence-corrected chi connectivity index (χ2v) is 5.71. The Bertz CT molecular complexity index is 626. The molecule has 0 saturated carbocycles. The molecule has 0 bridgehead atoms. The van der Waals surface area contributed by atoms with Crippen LogP contribution in [0.3, 0.4) is 0 Å². The lowest BCUT2D eigenvalue weighted by Crippen LogP contribution is -2.16. The number of carbonyl (C=O) groups excluding carboxylic acids is 1. The summed E-state index contributed by atoms with van der Waals surface area (Å²) in [6, 6.07) is 9.42. The molecular formula is C16H18BrN3O. The molecule has 0 aliphatic heterocycles. The minimum absolute atomic E-state index is 0.160. The standard InChI is InChI=1S/C16H18BrN3O/c1-3-8-18-14-6-4-11(2)9-13(14)16(21)20-15-7-5-12(17)10-19-15/h4-7,9-10,18H,3,8H2,1-2H3,(H,19,20,21). The van der Waals surface area contributed by atoms with E-state index in [4.69, 9.17) is 0 Å². The fourth-order valence-electron chi connectivity index (χ4n) is 1.89. The summed E-state index contributed by atoms with van der Waals surface area (Å²) in [7, 11) is 0. The van der Waals surface area contributed by atoms with Gasteiger partial charge in [0.05, 0.1) is 5.56 Å². The predicted octanol–water partition coefficient (Wildman–Crippen LogP) is 4.23. The molecule has 0 radical (unpaired) electrons. The van der Waals surface area contributed by atoms with Crippen LogP contribution < -0.4 is 10.6 Å². The van der Waals surface area contributed by atoms with E-state index in [-0.39, 0.29) is 5.91 Å². The summed E-state index contributed by atoms with van der Waals surface area (Å²) >= 11 is 3.32. The second-order valence-electron chi connectivity index (χ2n) is 4.79. The minimum atomic E-state index is -0.160. The number of anilines is 2. The van der Waals surface area contributed by atoms with E-state index < -0.39 is 0 Å². The number of pyridine rings is 1. The maximum Gasteiger partial charge on any atom is 0.258 e. The average molecular weight is 348 g/mol. The van der Waals surface area contributed by atoms with Crippen LogP contribution in [0.4, 0.5) is 11.5 Å². The molecule has 1 aromatic carbocycles. The van der Waals surface area contributed by atoms with Crippen LogP contribution in [0.1, 0.15) is 29.3 Å². The largest absolute Gasteiger partial charge is 0.384 e. The van der Waals surface area contributed by atoms with E-state index in [1.165, 1.54) is 0 Å². The van der Waals surface area contributed by atoms with E-state index >= 15 is 0 Å². The maximum absolute atomic E-state index is 12.4. The van der Waals surface area contributed by atoms with Gasteiger partial charge < -0.3 is 10.6 Å². The third-order valence-electron chi connectivity index (χ3n) is 2.95. The van der Waals surface area contributed by atoms with Crippen LogP contribution in [0.2, 0.25) is 0 Å². The van der Waals surface area contributed by atoms with Gasteiger partial charge in [0.15, 0.2) is 0 Å². The Morgan fingerprint density at radius 3 is 2.76 bits per heavy atom. The van der Waals surface area contributed by atoms with Crippen molar-refractivity contribution in [3.63, 3.8) is 0 Å². The van der Waals surface area contributed by atoms with Crippen LogP contribution in [0.15, 0.2) is 41.0 Å². The smallest absolute Gasteiger partial charge is 0.258 e. The summed E-state index contributed by atoms with van der Waals surface area (Å²) in [5.74, 6) is 0.373. The molecule has 5 heteroatoms. The van der Waals surface area contributed by atoms with Crippen LogP contribution >= 0.6 is 15.9 Å². The van der Waals surface area contributed by atoms with Crippen molar-refractivity contribution in [3.05, 3.63) is 52.1 Å². The van der Waals surface area contributed by atoms with Crippen LogP contribution in [0, 0.1) is 6.92 Å². The molecule has 0 spiro atoms.